The summed E-state index contributed by atoms with van der Waals surface area (Å²) < 4.78 is 11.3. The fraction of sp³-hybridized carbons (Fsp3) is 0.421. The first-order valence-electron chi connectivity index (χ1n) is 8.67. The van der Waals surface area contributed by atoms with Gasteiger partial charge in [0.05, 0.1) is 30.1 Å². The molecular weight excluding hydrogens is 386 g/mol. The van der Waals surface area contributed by atoms with Gasteiger partial charge >= 0.3 is 0 Å². The number of ether oxygens (including phenoxy) is 2. The SMILES string of the molecule is CCOc1ccc(/C=C2\SC(=S)N([C@H](C(=O)[O-])C(C)C)C2=O)cc1OCC. The third kappa shape index (κ3) is 4.81. The van der Waals surface area contributed by atoms with Gasteiger partial charge in [0.1, 0.15) is 4.32 Å². The first-order chi connectivity index (χ1) is 12.8. The molecule has 0 unspecified atom stereocenters. The molecule has 8 heteroatoms. The summed E-state index contributed by atoms with van der Waals surface area (Å²) in [7, 11) is 0. The molecule has 0 aromatic heterocycles. The van der Waals surface area contributed by atoms with Crippen molar-refractivity contribution in [2.24, 2.45) is 5.92 Å². The number of hydrogen-bond donors (Lipinski definition) is 0. The maximum Gasteiger partial charge on any atom is 0.266 e. The molecule has 0 spiro atoms. The average Bonchev–Trinajstić information content (AvgIpc) is 2.85. The number of carboxylic acid groups (broad SMARTS) is 1. The van der Waals surface area contributed by atoms with Crippen LogP contribution in [0.15, 0.2) is 23.1 Å². The minimum atomic E-state index is -1.32. The number of thioether (sulfide) groups is 1. The molecule has 0 radical (unpaired) electrons. The van der Waals surface area contributed by atoms with Crippen LogP contribution in [0.2, 0.25) is 0 Å². The topological polar surface area (TPSA) is 78.9 Å². The van der Waals surface area contributed by atoms with E-state index in [9.17, 15) is 14.7 Å². The largest absolute Gasteiger partial charge is 0.548 e. The second kappa shape index (κ2) is 9.23. The molecule has 6 nitrogen and oxygen atoms in total. The number of carbonyl (C=O) groups excluding carboxylic acids is 2. The van der Waals surface area contributed by atoms with Gasteiger partial charge in [0.25, 0.3) is 5.91 Å². The molecule has 2 rings (SSSR count). The van der Waals surface area contributed by atoms with Crippen LogP contribution in [-0.2, 0) is 9.59 Å². The highest BCUT2D eigenvalue weighted by Gasteiger charge is 2.39. The molecule has 1 atom stereocenters. The van der Waals surface area contributed by atoms with E-state index in [0.717, 1.165) is 22.2 Å². The van der Waals surface area contributed by atoms with E-state index in [4.69, 9.17) is 21.7 Å². The Balaban J connectivity index is 2.34. The number of hydrogen-bond acceptors (Lipinski definition) is 7. The van der Waals surface area contributed by atoms with Crippen LogP contribution < -0.4 is 14.6 Å². The number of carboxylic acids is 1. The third-order valence-corrected chi connectivity index (χ3v) is 5.17. The van der Waals surface area contributed by atoms with Crippen LogP contribution in [0.4, 0.5) is 0 Å². The van der Waals surface area contributed by atoms with Crippen molar-refractivity contribution in [1.29, 1.82) is 0 Å². The van der Waals surface area contributed by atoms with E-state index >= 15 is 0 Å². The summed E-state index contributed by atoms with van der Waals surface area (Å²) in [6.45, 7) is 8.18. The minimum absolute atomic E-state index is 0.213. The van der Waals surface area contributed by atoms with E-state index in [0.29, 0.717) is 29.6 Å². The highest BCUT2D eigenvalue weighted by molar-refractivity contribution is 8.26. The normalized spacial score (nSPS) is 16.9. The number of benzene rings is 1. The number of thiocarbonyl (C=S) groups is 1. The average molecular weight is 409 g/mol. The first-order valence-corrected chi connectivity index (χ1v) is 9.90. The Morgan fingerprint density at radius 1 is 1.26 bits per heavy atom. The van der Waals surface area contributed by atoms with Gasteiger partial charge in [-0.2, -0.15) is 0 Å². The van der Waals surface area contributed by atoms with Crippen molar-refractivity contribution in [3.8, 4) is 11.5 Å². The molecule has 0 aliphatic carbocycles. The number of rotatable bonds is 8. The zero-order chi connectivity index (χ0) is 20.1. The maximum atomic E-state index is 12.8. The second-order valence-electron chi connectivity index (χ2n) is 6.13. The van der Waals surface area contributed by atoms with Gasteiger partial charge in [-0.1, -0.05) is 43.9 Å². The van der Waals surface area contributed by atoms with Crippen molar-refractivity contribution in [3.05, 3.63) is 28.7 Å². The second-order valence-corrected chi connectivity index (χ2v) is 7.81. The molecule has 0 bridgehead atoms. The lowest BCUT2D eigenvalue weighted by molar-refractivity contribution is -0.311. The van der Waals surface area contributed by atoms with Crippen LogP contribution >= 0.6 is 24.0 Å². The Morgan fingerprint density at radius 2 is 1.89 bits per heavy atom. The quantitative estimate of drug-likeness (QED) is 0.483. The highest BCUT2D eigenvalue weighted by Crippen LogP contribution is 2.36. The monoisotopic (exact) mass is 408 g/mol. The van der Waals surface area contributed by atoms with E-state index < -0.39 is 17.9 Å². The van der Waals surface area contributed by atoms with Crippen molar-refractivity contribution in [1.82, 2.24) is 4.90 Å². The Morgan fingerprint density at radius 3 is 2.44 bits per heavy atom. The smallest absolute Gasteiger partial charge is 0.266 e. The Labute approximate surface area is 168 Å². The van der Waals surface area contributed by atoms with Gasteiger partial charge in [0, 0.05) is 0 Å². The summed E-state index contributed by atoms with van der Waals surface area (Å²) in [4.78, 5) is 25.7. The summed E-state index contributed by atoms with van der Waals surface area (Å²) in [6, 6.07) is 4.26. The van der Waals surface area contributed by atoms with Crippen molar-refractivity contribution < 1.29 is 24.2 Å². The standard InChI is InChI=1S/C19H23NO5S2/c1-5-24-13-8-7-12(9-14(13)25-6-2)10-15-17(21)20(19(26)27-15)16(11(3)4)18(22)23/h7-11,16H,5-6H2,1-4H3,(H,22,23)/p-1/b15-10-/t16-/m0/s1. The van der Waals surface area contributed by atoms with Crippen LogP contribution in [0.3, 0.4) is 0 Å². The van der Waals surface area contributed by atoms with Gasteiger partial charge in [0.2, 0.25) is 0 Å². The molecule has 146 valence electrons. The summed E-state index contributed by atoms with van der Waals surface area (Å²) in [6.07, 6.45) is 1.67. The molecule has 1 aliphatic heterocycles. The van der Waals surface area contributed by atoms with Crippen LogP contribution in [0.25, 0.3) is 6.08 Å². The van der Waals surface area contributed by atoms with Gasteiger partial charge in [-0.05, 0) is 43.5 Å². The van der Waals surface area contributed by atoms with Crippen LogP contribution in [-0.4, -0.2) is 40.4 Å². The maximum absolute atomic E-state index is 12.8. The van der Waals surface area contributed by atoms with Crippen molar-refractivity contribution >= 4 is 46.3 Å². The summed E-state index contributed by atoms with van der Waals surface area (Å²) in [5.74, 6) is -0.867. The first kappa shape index (κ1) is 21.2. The number of carbonyl (C=O) groups is 2. The summed E-state index contributed by atoms with van der Waals surface area (Å²) >= 11 is 6.32. The highest BCUT2D eigenvalue weighted by atomic mass is 32.2. The number of aliphatic carboxylic acids is 1. The number of nitrogens with zero attached hydrogens (tertiary/aromatic N) is 1. The van der Waals surface area contributed by atoms with E-state index in [1.807, 2.05) is 13.8 Å². The molecule has 1 aromatic rings. The van der Waals surface area contributed by atoms with E-state index in [2.05, 4.69) is 0 Å². The summed E-state index contributed by atoms with van der Waals surface area (Å²) in [5.41, 5.74) is 0.733. The molecule has 0 N–H and O–H groups in total. The molecule has 1 aliphatic rings. The van der Waals surface area contributed by atoms with Crippen molar-refractivity contribution in [2.45, 2.75) is 33.7 Å². The molecule has 1 amide bonds. The van der Waals surface area contributed by atoms with E-state index in [1.165, 1.54) is 0 Å². The fourth-order valence-electron chi connectivity index (χ4n) is 2.70. The third-order valence-electron chi connectivity index (χ3n) is 3.84. The van der Waals surface area contributed by atoms with Crippen LogP contribution in [0.5, 0.6) is 11.5 Å². The van der Waals surface area contributed by atoms with Crippen molar-refractivity contribution in [3.63, 3.8) is 0 Å². The molecular formula is C19H22NO5S2-. The zero-order valence-electron chi connectivity index (χ0n) is 15.7. The van der Waals surface area contributed by atoms with Gasteiger partial charge < -0.3 is 19.4 Å². The fourth-order valence-corrected chi connectivity index (χ4v) is 4.03. The van der Waals surface area contributed by atoms with Gasteiger partial charge in [-0.25, -0.2) is 0 Å². The van der Waals surface area contributed by atoms with Crippen LogP contribution in [0, 0.1) is 5.92 Å². The molecule has 27 heavy (non-hydrogen) atoms. The van der Waals surface area contributed by atoms with Gasteiger partial charge in [0.15, 0.2) is 11.5 Å². The van der Waals surface area contributed by atoms with Crippen molar-refractivity contribution in [2.75, 3.05) is 13.2 Å². The molecule has 1 fully saturated rings. The Bertz CT molecular complexity index is 775. The molecule has 1 aromatic carbocycles. The van der Waals surface area contributed by atoms with Gasteiger partial charge in [-0.15, -0.1) is 0 Å². The predicted octanol–water partition coefficient (Wildman–Crippen LogP) is 2.46. The molecule has 1 saturated heterocycles. The van der Waals surface area contributed by atoms with E-state index in [-0.39, 0.29) is 10.2 Å². The lowest BCUT2D eigenvalue weighted by atomic mass is 10.0. The zero-order valence-corrected chi connectivity index (χ0v) is 17.3. The lowest BCUT2D eigenvalue weighted by Gasteiger charge is -2.30. The summed E-state index contributed by atoms with van der Waals surface area (Å²) in [5, 5.41) is 11.5. The van der Waals surface area contributed by atoms with E-state index in [1.54, 1.807) is 38.1 Å². The van der Waals surface area contributed by atoms with Gasteiger partial charge in [-0.3, -0.25) is 9.69 Å². The number of amides is 1. The predicted molar refractivity (Wildman–Crippen MR) is 107 cm³/mol. The minimum Gasteiger partial charge on any atom is -0.548 e. The Hall–Kier alpha value is -2.06. The van der Waals surface area contributed by atoms with Crippen LogP contribution in [0.1, 0.15) is 33.3 Å². The molecule has 0 saturated carbocycles. The Kier molecular flexibility index (Phi) is 7.26. The molecule has 1 heterocycles. The lowest BCUT2D eigenvalue weighted by Crippen LogP contribution is -2.52.